The molecule has 0 aliphatic carbocycles. The van der Waals surface area contributed by atoms with Gasteiger partial charge in [-0.2, -0.15) is 0 Å². The molecule has 2 amide bonds. The van der Waals surface area contributed by atoms with Crippen molar-refractivity contribution in [3.8, 4) is 16.3 Å². The molecule has 142 valence electrons. The molecule has 8 heteroatoms. The number of nitrogens with zero attached hydrogens (tertiary/aromatic N) is 3. The van der Waals surface area contributed by atoms with Crippen LogP contribution < -0.4 is 10.5 Å². The number of hydrogen-bond donors (Lipinski definition) is 1. The maximum Gasteiger partial charge on any atom is 0.273 e. The van der Waals surface area contributed by atoms with Gasteiger partial charge < -0.3 is 15.4 Å². The van der Waals surface area contributed by atoms with E-state index in [9.17, 15) is 9.59 Å². The van der Waals surface area contributed by atoms with Crippen molar-refractivity contribution in [1.29, 1.82) is 0 Å². The van der Waals surface area contributed by atoms with E-state index in [1.54, 1.807) is 16.3 Å². The zero-order valence-corrected chi connectivity index (χ0v) is 15.8. The average Bonchev–Trinajstić information content (AvgIpc) is 3.38. The number of thiazole rings is 1. The van der Waals surface area contributed by atoms with Gasteiger partial charge in [-0.25, -0.2) is 4.98 Å². The summed E-state index contributed by atoms with van der Waals surface area (Å²) >= 11 is 1.46. The summed E-state index contributed by atoms with van der Waals surface area (Å²) in [6.45, 7) is 1.06. The second-order valence-corrected chi connectivity index (χ2v) is 7.28. The first kappa shape index (κ1) is 18.1. The van der Waals surface area contributed by atoms with Gasteiger partial charge in [0.25, 0.3) is 11.8 Å². The van der Waals surface area contributed by atoms with Gasteiger partial charge in [-0.3, -0.25) is 14.6 Å². The van der Waals surface area contributed by atoms with Gasteiger partial charge in [0.05, 0.1) is 6.54 Å². The SMILES string of the molecule is NC(=O)c1cc(O[C@H]2CCN(C(=O)c3csc(-c4ccccc4)n3)C2)ccn1. The number of ether oxygens (including phenoxy) is 1. The molecule has 3 heterocycles. The van der Waals surface area contributed by atoms with E-state index in [-0.39, 0.29) is 17.7 Å². The van der Waals surface area contributed by atoms with E-state index in [1.165, 1.54) is 23.6 Å². The maximum absolute atomic E-state index is 12.8. The molecule has 1 aliphatic rings. The normalized spacial score (nSPS) is 16.1. The first-order chi connectivity index (χ1) is 13.6. The minimum absolute atomic E-state index is 0.0999. The first-order valence-electron chi connectivity index (χ1n) is 8.83. The molecule has 4 rings (SSSR count). The lowest BCUT2D eigenvalue weighted by molar-refractivity contribution is 0.0767. The van der Waals surface area contributed by atoms with Crippen molar-refractivity contribution < 1.29 is 14.3 Å². The summed E-state index contributed by atoms with van der Waals surface area (Å²) in [5, 5.41) is 2.62. The molecule has 0 bridgehead atoms. The van der Waals surface area contributed by atoms with Gasteiger partial charge in [0.2, 0.25) is 0 Å². The van der Waals surface area contributed by atoms with Crippen LogP contribution >= 0.6 is 11.3 Å². The van der Waals surface area contributed by atoms with Crippen molar-refractivity contribution in [2.24, 2.45) is 5.73 Å². The summed E-state index contributed by atoms with van der Waals surface area (Å²) in [6.07, 6.45) is 2.03. The van der Waals surface area contributed by atoms with E-state index in [1.807, 2.05) is 30.3 Å². The number of benzene rings is 1. The Balaban J connectivity index is 1.40. The minimum atomic E-state index is -0.605. The van der Waals surface area contributed by atoms with Crippen LogP contribution in [0.5, 0.6) is 5.75 Å². The highest BCUT2D eigenvalue weighted by molar-refractivity contribution is 7.13. The Labute approximate surface area is 165 Å². The van der Waals surface area contributed by atoms with Crippen LogP contribution in [0.4, 0.5) is 0 Å². The minimum Gasteiger partial charge on any atom is -0.488 e. The summed E-state index contributed by atoms with van der Waals surface area (Å²) in [6, 6.07) is 13.0. The highest BCUT2D eigenvalue weighted by Gasteiger charge is 2.29. The third-order valence-electron chi connectivity index (χ3n) is 4.46. The topological polar surface area (TPSA) is 98.4 Å². The van der Waals surface area contributed by atoms with E-state index >= 15 is 0 Å². The van der Waals surface area contributed by atoms with Crippen LogP contribution in [0.25, 0.3) is 10.6 Å². The van der Waals surface area contributed by atoms with E-state index in [0.29, 0.717) is 31.0 Å². The largest absolute Gasteiger partial charge is 0.488 e. The lowest BCUT2D eigenvalue weighted by Gasteiger charge is -2.16. The Hall–Kier alpha value is -3.26. The highest BCUT2D eigenvalue weighted by Crippen LogP contribution is 2.25. The molecule has 1 saturated heterocycles. The van der Waals surface area contributed by atoms with Crippen molar-refractivity contribution in [2.75, 3.05) is 13.1 Å². The Morgan fingerprint density at radius 1 is 1.18 bits per heavy atom. The summed E-state index contributed by atoms with van der Waals surface area (Å²) in [4.78, 5) is 34.1. The molecular weight excluding hydrogens is 376 g/mol. The van der Waals surface area contributed by atoms with Crippen molar-refractivity contribution in [1.82, 2.24) is 14.9 Å². The van der Waals surface area contributed by atoms with Gasteiger partial charge in [-0.05, 0) is 6.07 Å². The standard InChI is InChI=1S/C20H18N4O3S/c21-18(25)16-10-14(6-8-22-16)27-15-7-9-24(11-15)20(26)17-12-28-19(23-17)13-4-2-1-3-5-13/h1-6,8,10,12,15H,7,9,11H2,(H2,21,25)/t15-/m0/s1. The third kappa shape index (κ3) is 3.86. The van der Waals surface area contributed by atoms with E-state index < -0.39 is 5.91 Å². The van der Waals surface area contributed by atoms with Gasteiger partial charge in [-0.1, -0.05) is 30.3 Å². The van der Waals surface area contributed by atoms with Gasteiger partial charge in [0, 0.05) is 36.2 Å². The summed E-state index contributed by atoms with van der Waals surface area (Å²) < 4.78 is 5.90. The van der Waals surface area contributed by atoms with Crippen molar-refractivity contribution >= 4 is 23.2 Å². The molecule has 7 nitrogen and oxygen atoms in total. The zero-order chi connectivity index (χ0) is 19.5. The van der Waals surface area contributed by atoms with Gasteiger partial charge in [0.1, 0.15) is 28.2 Å². The van der Waals surface area contributed by atoms with Crippen LogP contribution in [0.3, 0.4) is 0 Å². The second kappa shape index (κ2) is 7.77. The van der Waals surface area contributed by atoms with E-state index in [4.69, 9.17) is 10.5 Å². The molecule has 3 aromatic rings. The van der Waals surface area contributed by atoms with E-state index in [0.717, 1.165) is 10.6 Å². The van der Waals surface area contributed by atoms with Crippen molar-refractivity contribution in [3.63, 3.8) is 0 Å². The molecule has 0 unspecified atom stereocenters. The molecule has 1 aromatic carbocycles. The fraction of sp³-hybridized carbons (Fsp3) is 0.200. The zero-order valence-electron chi connectivity index (χ0n) is 14.9. The lowest BCUT2D eigenvalue weighted by Crippen LogP contribution is -2.31. The number of amides is 2. The molecule has 1 fully saturated rings. The number of aromatic nitrogens is 2. The molecule has 2 N–H and O–H groups in total. The first-order valence-corrected chi connectivity index (χ1v) is 9.71. The van der Waals surface area contributed by atoms with Crippen LogP contribution in [0.1, 0.15) is 27.4 Å². The van der Waals surface area contributed by atoms with Crippen LogP contribution in [0, 0.1) is 0 Å². The smallest absolute Gasteiger partial charge is 0.273 e. The van der Waals surface area contributed by atoms with Crippen molar-refractivity contribution in [3.05, 3.63) is 65.4 Å². The number of hydrogen-bond acceptors (Lipinski definition) is 6. The predicted molar refractivity (Wildman–Crippen MR) is 105 cm³/mol. The van der Waals surface area contributed by atoms with Gasteiger partial charge >= 0.3 is 0 Å². The van der Waals surface area contributed by atoms with Gasteiger partial charge in [0.15, 0.2) is 0 Å². The number of carbonyl (C=O) groups excluding carboxylic acids is 2. The number of primary amides is 1. The fourth-order valence-electron chi connectivity index (χ4n) is 3.07. The predicted octanol–water partition coefficient (Wildman–Crippen LogP) is 2.60. The van der Waals surface area contributed by atoms with Crippen LogP contribution in [0.15, 0.2) is 54.0 Å². The summed E-state index contributed by atoms with van der Waals surface area (Å²) in [7, 11) is 0. The number of pyridine rings is 1. The van der Waals surface area contributed by atoms with Crippen LogP contribution in [-0.2, 0) is 0 Å². The molecule has 0 spiro atoms. The Kier molecular flexibility index (Phi) is 5.03. The molecule has 0 radical (unpaired) electrons. The average molecular weight is 394 g/mol. The number of rotatable bonds is 5. The van der Waals surface area contributed by atoms with Crippen molar-refractivity contribution in [2.45, 2.75) is 12.5 Å². The fourth-order valence-corrected chi connectivity index (χ4v) is 3.87. The Bertz CT molecular complexity index is 1010. The summed E-state index contributed by atoms with van der Waals surface area (Å²) in [5.74, 6) is -0.188. The Morgan fingerprint density at radius 3 is 2.79 bits per heavy atom. The summed E-state index contributed by atoms with van der Waals surface area (Å²) in [5.41, 5.74) is 6.84. The van der Waals surface area contributed by atoms with Crippen LogP contribution in [-0.4, -0.2) is 45.9 Å². The lowest BCUT2D eigenvalue weighted by atomic mass is 10.2. The third-order valence-corrected chi connectivity index (χ3v) is 5.35. The highest BCUT2D eigenvalue weighted by atomic mass is 32.1. The molecule has 28 heavy (non-hydrogen) atoms. The maximum atomic E-state index is 12.8. The second-order valence-electron chi connectivity index (χ2n) is 6.42. The van der Waals surface area contributed by atoms with Crippen LogP contribution in [0.2, 0.25) is 0 Å². The molecule has 0 saturated carbocycles. The quantitative estimate of drug-likeness (QED) is 0.717. The monoisotopic (exact) mass is 394 g/mol. The molecular formula is C20H18N4O3S. The number of nitrogens with two attached hydrogens (primary N) is 1. The van der Waals surface area contributed by atoms with Gasteiger partial charge in [-0.15, -0.1) is 11.3 Å². The molecule has 2 aromatic heterocycles. The molecule has 1 aliphatic heterocycles. The number of carbonyl (C=O) groups is 2. The Morgan fingerprint density at radius 2 is 2.00 bits per heavy atom. The number of likely N-dealkylation sites (tertiary alicyclic amines) is 1. The molecule has 1 atom stereocenters. The van der Waals surface area contributed by atoms with E-state index in [2.05, 4.69) is 9.97 Å².